The Morgan fingerprint density at radius 1 is 0.734 bits per heavy atom. The van der Waals surface area contributed by atoms with Crippen molar-refractivity contribution < 1.29 is 24.0 Å². The molecule has 13 N–H and O–H groups in total. The number of carbonyl (C=O) groups is 5. The maximum absolute atomic E-state index is 14.1. The van der Waals surface area contributed by atoms with Crippen LogP contribution in [0, 0.1) is 0 Å². The number of nitrogens with one attached hydrogen (secondary N) is 7. The molecule has 0 bridgehead atoms. The lowest BCUT2D eigenvalue weighted by atomic mass is 10.0. The second-order valence-corrected chi connectivity index (χ2v) is 16.5. The minimum atomic E-state index is -1.10. The van der Waals surface area contributed by atoms with Gasteiger partial charge in [-0.15, -0.1) is 4.41 Å². The number of aromatic nitrogens is 3. The number of nitrogens with zero attached hydrogens (tertiary/aromatic N) is 2. The third-order valence-corrected chi connectivity index (χ3v) is 11.5. The van der Waals surface area contributed by atoms with Gasteiger partial charge in [0.25, 0.3) is 5.91 Å². The average Bonchev–Trinajstić information content (AvgIpc) is 3.97. The van der Waals surface area contributed by atoms with Crippen LogP contribution >= 0.6 is 12.1 Å². The number of aromatic amines is 2. The molecular formula is C46H56N12O5S. The standard InChI is InChI=1S/C46H56N12O5S/c1-29(53-45(62)40(23-34-25-51-38-16-8-7-15-36(34)38)55-44(61)37(48)24-35-26-50-28-52-35)43(60)56-58(27-31-18-19-32-13-5-6-14-33(32)21-31)64-57-41(22-30-11-3-2-4-12-30)46(63)54-39(42(49)59)17-9-10-20-47/h2-8,11-16,18-19,21,25-26,28-29,37,39-41,51,57H,9-10,17,20,22-24,27,47-48H2,1H3,(H2,49,59)(H,50,52)(H,53,62)(H,54,63)(H,55,61)(H,56,60)/t29-,37-,39-,40+,41+/m0/s1. The number of imidazole rings is 1. The van der Waals surface area contributed by atoms with Crippen LogP contribution in [0.5, 0.6) is 0 Å². The molecule has 5 amide bonds. The molecule has 5 atom stereocenters. The molecule has 18 heteroatoms. The van der Waals surface area contributed by atoms with Crippen LogP contribution in [0.4, 0.5) is 0 Å². The molecule has 2 heterocycles. The number of unbranched alkanes of at least 4 members (excludes halogenated alkanes) is 1. The fraction of sp³-hybridized carbons (Fsp3) is 0.304. The number of fused-ring (bicyclic) bond motifs is 2. The number of nitrogens with two attached hydrogens (primary N) is 3. The Kier molecular flexibility index (Phi) is 17.0. The van der Waals surface area contributed by atoms with Crippen LogP contribution in [-0.2, 0) is 49.8 Å². The fourth-order valence-electron chi connectivity index (χ4n) is 7.15. The van der Waals surface area contributed by atoms with E-state index in [4.69, 9.17) is 17.2 Å². The second kappa shape index (κ2) is 23.2. The van der Waals surface area contributed by atoms with Crippen molar-refractivity contribution in [2.24, 2.45) is 17.2 Å². The van der Waals surface area contributed by atoms with Gasteiger partial charge in [-0.1, -0.05) is 84.9 Å². The highest BCUT2D eigenvalue weighted by atomic mass is 32.2. The summed E-state index contributed by atoms with van der Waals surface area (Å²) in [7, 11) is 0. The lowest BCUT2D eigenvalue weighted by molar-refractivity contribution is -0.133. The number of primary amides is 1. The van der Waals surface area contributed by atoms with Crippen molar-refractivity contribution in [3.05, 3.63) is 138 Å². The lowest BCUT2D eigenvalue weighted by Gasteiger charge is -2.28. The van der Waals surface area contributed by atoms with Crippen molar-refractivity contribution in [3.8, 4) is 0 Å². The smallest absolute Gasteiger partial charge is 0.257 e. The maximum Gasteiger partial charge on any atom is 0.257 e. The molecule has 336 valence electrons. The molecule has 0 aliphatic carbocycles. The van der Waals surface area contributed by atoms with E-state index in [-0.39, 0.29) is 25.8 Å². The fourth-order valence-corrected chi connectivity index (χ4v) is 7.94. The Bertz CT molecular complexity index is 2480. The zero-order chi connectivity index (χ0) is 45.4. The number of para-hydroxylation sites is 1. The highest BCUT2D eigenvalue weighted by molar-refractivity contribution is 7.95. The SMILES string of the molecule is C[C@H](NC(=O)[C@@H](Cc1c[nH]c2ccccc12)NC(=O)[C@@H](N)Cc1cnc[nH]1)C(=O)NN(Cc1ccc2ccccc2c1)SN[C@H](Cc1ccccc1)C(=O)N[C@@H](CCCCN)C(N)=O. The summed E-state index contributed by atoms with van der Waals surface area (Å²) >= 11 is 0.986. The lowest BCUT2D eigenvalue weighted by Crippen LogP contribution is -2.57. The predicted octanol–water partition coefficient (Wildman–Crippen LogP) is 2.54. The van der Waals surface area contributed by atoms with Gasteiger partial charge in [-0.25, -0.2) is 9.71 Å². The first kappa shape index (κ1) is 46.9. The number of amides is 5. The van der Waals surface area contributed by atoms with Crippen LogP contribution in [-0.4, -0.2) is 85.7 Å². The van der Waals surface area contributed by atoms with Gasteiger partial charge in [-0.3, -0.25) is 29.4 Å². The van der Waals surface area contributed by atoms with Crippen molar-refractivity contribution in [2.75, 3.05) is 6.54 Å². The minimum absolute atomic E-state index is 0.106. The van der Waals surface area contributed by atoms with Gasteiger partial charge in [-0.05, 0) is 78.7 Å². The number of hydrazine groups is 1. The summed E-state index contributed by atoms with van der Waals surface area (Å²) < 4.78 is 4.75. The van der Waals surface area contributed by atoms with Gasteiger partial charge in [0.2, 0.25) is 23.6 Å². The molecular weight excluding hydrogens is 833 g/mol. The molecule has 0 aliphatic heterocycles. The largest absolute Gasteiger partial charge is 0.368 e. The van der Waals surface area contributed by atoms with Crippen LogP contribution in [0.25, 0.3) is 21.7 Å². The van der Waals surface area contributed by atoms with Crippen molar-refractivity contribution in [1.29, 1.82) is 0 Å². The van der Waals surface area contributed by atoms with Gasteiger partial charge >= 0.3 is 0 Å². The molecule has 0 aliphatic rings. The van der Waals surface area contributed by atoms with Gasteiger partial charge in [0.1, 0.15) is 24.2 Å². The Hall–Kier alpha value is -6.57. The molecule has 0 unspecified atom stereocenters. The topological polar surface area (TPSA) is 271 Å². The predicted molar refractivity (Wildman–Crippen MR) is 248 cm³/mol. The van der Waals surface area contributed by atoms with Gasteiger partial charge in [0.05, 0.1) is 18.9 Å². The molecule has 6 aromatic rings. The van der Waals surface area contributed by atoms with E-state index >= 15 is 0 Å². The Morgan fingerprint density at radius 3 is 2.20 bits per heavy atom. The Labute approximate surface area is 375 Å². The minimum Gasteiger partial charge on any atom is -0.368 e. The number of H-pyrrole nitrogens is 2. The van der Waals surface area contributed by atoms with Gasteiger partial charge in [0.15, 0.2) is 0 Å². The molecule has 0 radical (unpaired) electrons. The van der Waals surface area contributed by atoms with Crippen molar-refractivity contribution >= 4 is 63.3 Å². The summed E-state index contributed by atoms with van der Waals surface area (Å²) in [6, 6.07) is 25.8. The van der Waals surface area contributed by atoms with E-state index in [1.807, 2.05) is 97.1 Å². The number of benzene rings is 4. The summed E-state index contributed by atoms with van der Waals surface area (Å²) in [5, 5.41) is 11.3. The summed E-state index contributed by atoms with van der Waals surface area (Å²) in [5.74, 6) is -2.84. The monoisotopic (exact) mass is 888 g/mol. The molecule has 6 rings (SSSR count). The van der Waals surface area contributed by atoms with Crippen molar-refractivity contribution in [2.45, 2.75) is 82.2 Å². The van der Waals surface area contributed by atoms with Gasteiger partial charge in [-0.2, -0.15) is 0 Å². The third kappa shape index (κ3) is 13.5. The number of hydrogen-bond acceptors (Lipinski definition) is 11. The van der Waals surface area contributed by atoms with Crippen LogP contribution in [0.1, 0.15) is 48.6 Å². The third-order valence-electron chi connectivity index (χ3n) is 10.7. The quantitative estimate of drug-likeness (QED) is 0.0240. The first-order valence-electron chi connectivity index (χ1n) is 21.2. The molecule has 0 saturated carbocycles. The first-order valence-corrected chi connectivity index (χ1v) is 21.9. The summed E-state index contributed by atoms with van der Waals surface area (Å²) in [6.45, 7) is 2.15. The highest BCUT2D eigenvalue weighted by Crippen LogP contribution is 2.21. The normalized spacial score (nSPS) is 13.8. The van der Waals surface area contributed by atoms with Crippen LogP contribution in [0.15, 0.2) is 116 Å². The average molecular weight is 889 g/mol. The molecule has 0 saturated heterocycles. The molecule has 0 fully saturated rings. The van der Waals surface area contributed by atoms with E-state index in [1.165, 1.54) is 17.7 Å². The highest BCUT2D eigenvalue weighted by Gasteiger charge is 2.30. The molecule has 17 nitrogen and oxygen atoms in total. The summed E-state index contributed by atoms with van der Waals surface area (Å²) in [4.78, 5) is 78.0. The molecule has 64 heavy (non-hydrogen) atoms. The Balaban J connectivity index is 1.20. The zero-order valence-corrected chi connectivity index (χ0v) is 36.4. The van der Waals surface area contributed by atoms with E-state index in [0.29, 0.717) is 31.5 Å². The van der Waals surface area contributed by atoms with E-state index < -0.39 is 59.7 Å². The van der Waals surface area contributed by atoms with Crippen LogP contribution in [0.2, 0.25) is 0 Å². The first-order chi connectivity index (χ1) is 31.0. The van der Waals surface area contributed by atoms with E-state index in [0.717, 1.165) is 50.5 Å². The van der Waals surface area contributed by atoms with Crippen molar-refractivity contribution in [1.82, 2.24) is 45.5 Å². The second-order valence-electron chi connectivity index (χ2n) is 15.6. The maximum atomic E-state index is 14.1. The molecule has 2 aromatic heterocycles. The Morgan fingerprint density at radius 2 is 1.45 bits per heavy atom. The van der Waals surface area contributed by atoms with Gasteiger partial charge in [0, 0.05) is 54.0 Å². The van der Waals surface area contributed by atoms with Crippen LogP contribution < -0.4 is 43.3 Å². The van der Waals surface area contributed by atoms with E-state index in [1.54, 1.807) is 12.4 Å². The zero-order valence-electron chi connectivity index (χ0n) is 35.6. The number of carbonyl (C=O) groups excluding carboxylic acids is 5. The molecule has 0 spiro atoms. The number of rotatable bonds is 24. The van der Waals surface area contributed by atoms with E-state index in [2.05, 4.69) is 41.1 Å². The number of hydrogen-bond donors (Lipinski definition) is 10. The van der Waals surface area contributed by atoms with Gasteiger partial charge < -0.3 is 43.1 Å². The van der Waals surface area contributed by atoms with Crippen molar-refractivity contribution in [3.63, 3.8) is 0 Å². The summed E-state index contributed by atoms with van der Waals surface area (Å²) in [5.41, 5.74) is 24.5. The van der Waals surface area contributed by atoms with Crippen LogP contribution in [0.3, 0.4) is 0 Å². The summed E-state index contributed by atoms with van der Waals surface area (Å²) in [6.07, 6.45) is 6.97. The van der Waals surface area contributed by atoms with E-state index in [9.17, 15) is 24.0 Å². The molecule has 4 aromatic carbocycles.